The second kappa shape index (κ2) is 5.91. The molecule has 0 radical (unpaired) electrons. The molecule has 1 aliphatic rings. The van der Waals surface area contributed by atoms with E-state index in [9.17, 15) is 4.79 Å². The smallest absolute Gasteiger partial charge is 0.278 e. The van der Waals surface area contributed by atoms with Gasteiger partial charge < -0.3 is 4.42 Å². The van der Waals surface area contributed by atoms with Crippen LogP contribution in [0.5, 0.6) is 0 Å². The molecule has 1 amide bonds. The van der Waals surface area contributed by atoms with Crippen molar-refractivity contribution in [1.82, 2.24) is 4.90 Å². The van der Waals surface area contributed by atoms with E-state index in [2.05, 4.69) is 11.9 Å². The zero-order chi connectivity index (χ0) is 13.0. The van der Waals surface area contributed by atoms with E-state index in [4.69, 9.17) is 4.42 Å². The van der Waals surface area contributed by atoms with Crippen LogP contribution in [0.3, 0.4) is 0 Å². The molecule has 0 saturated carbocycles. The predicted molar refractivity (Wildman–Crippen MR) is 74.3 cm³/mol. The van der Waals surface area contributed by atoms with Crippen LogP contribution < -0.4 is 0 Å². The van der Waals surface area contributed by atoms with Crippen LogP contribution in [0.1, 0.15) is 25.5 Å². The van der Waals surface area contributed by atoms with Crippen LogP contribution in [-0.4, -0.2) is 28.8 Å². The minimum atomic E-state index is -0.0378. The third-order valence-corrected chi connectivity index (χ3v) is 3.33. The number of unbranched alkanes of at least 4 members (excludes halogenated alkanes) is 1. The molecule has 0 fully saturated rings. The van der Waals surface area contributed by atoms with Gasteiger partial charge in [-0.3, -0.25) is 9.69 Å². The van der Waals surface area contributed by atoms with Gasteiger partial charge in [0.05, 0.1) is 6.26 Å². The molecule has 5 heteroatoms. The van der Waals surface area contributed by atoms with Crippen molar-refractivity contribution < 1.29 is 9.21 Å². The molecule has 18 heavy (non-hydrogen) atoms. The average Bonchev–Trinajstić information content (AvgIpc) is 2.97. The maximum absolute atomic E-state index is 12.2. The van der Waals surface area contributed by atoms with E-state index < -0.39 is 0 Å². The first-order chi connectivity index (χ1) is 8.76. The van der Waals surface area contributed by atoms with Gasteiger partial charge >= 0.3 is 0 Å². The van der Waals surface area contributed by atoms with Crippen LogP contribution >= 0.6 is 11.8 Å². The third kappa shape index (κ3) is 2.67. The standard InChI is InChI=1S/C13H16N2O2S/c1-3-4-7-15-12(16)11(14-13(15)18-2)9-10-6-5-8-17-10/h5-6,8-9H,3-4,7H2,1-2H3/b11-9-. The minimum absolute atomic E-state index is 0.0378. The van der Waals surface area contributed by atoms with Crippen molar-refractivity contribution in [2.24, 2.45) is 4.99 Å². The summed E-state index contributed by atoms with van der Waals surface area (Å²) in [6.45, 7) is 2.83. The second-order valence-electron chi connectivity index (χ2n) is 3.95. The molecule has 0 spiro atoms. The van der Waals surface area contributed by atoms with Gasteiger partial charge in [0.15, 0.2) is 5.17 Å². The highest BCUT2D eigenvalue weighted by molar-refractivity contribution is 8.13. The Labute approximate surface area is 111 Å². The van der Waals surface area contributed by atoms with E-state index in [-0.39, 0.29) is 5.91 Å². The number of carbonyl (C=O) groups excluding carboxylic acids is 1. The fourth-order valence-corrected chi connectivity index (χ4v) is 2.29. The van der Waals surface area contributed by atoms with Crippen molar-refractivity contribution in [2.45, 2.75) is 19.8 Å². The first-order valence-corrected chi connectivity index (χ1v) is 7.18. The largest absolute Gasteiger partial charge is 0.465 e. The lowest BCUT2D eigenvalue weighted by atomic mass is 10.3. The topological polar surface area (TPSA) is 45.8 Å². The highest BCUT2D eigenvalue weighted by Crippen LogP contribution is 2.23. The molecule has 4 nitrogen and oxygen atoms in total. The minimum Gasteiger partial charge on any atom is -0.465 e. The Balaban J connectivity index is 2.20. The summed E-state index contributed by atoms with van der Waals surface area (Å²) in [5.41, 5.74) is 0.449. The second-order valence-corrected chi connectivity index (χ2v) is 4.73. The maximum atomic E-state index is 12.2. The van der Waals surface area contributed by atoms with Crippen molar-refractivity contribution in [3.05, 3.63) is 29.9 Å². The van der Waals surface area contributed by atoms with E-state index in [1.54, 1.807) is 23.3 Å². The van der Waals surface area contributed by atoms with Crippen LogP contribution in [0.2, 0.25) is 0 Å². The molecule has 1 aliphatic heterocycles. The normalized spacial score (nSPS) is 17.7. The number of carbonyl (C=O) groups is 1. The van der Waals surface area contributed by atoms with Crippen molar-refractivity contribution in [3.8, 4) is 0 Å². The first kappa shape index (κ1) is 13.0. The summed E-state index contributed by atoms with van der Waals surface area (Å²) in [6.07, 6.45) is 7.24. The van der Waals surface area contributed by atoms with Crippen LogP contribution in [0.15, 0.2) is 33.5 Å². The van der Waals surface area contributed by atoms with Crippen LogP contribution in [0.4, 0.5) is 0 Å². The molecule has 2 heterocycles. The molecule has 1 aromatic rings. The Morgan fingerprint density at radius 1 is 1.56 bits per heavy atom. The Morgan fingerprint density at radius 2 is 2.39 bits per heavy atom. The average molecular weight is 264 g/mol. The molecular weight excluding hydrogens is 248 g/mol. The zero-order valence-corrected chi connectivity index (χ0v) is 11.4. The van der Waals surface area contributed by atoms with Crippen molar-refractivity contribution in [3.63, 3.8) is 0 Å². The van der Waals surface area contributed by atoms with Gasteiger partial charge in [0.2, 0.25) is 0 Å². The quantitative estimate of drug-likeness (QED) is 0.785. The number of hydrogen-bond donors (Lipinski definition) is 0. The summed E-state index contributed by atoms with van der Waals surface area (Å²) >= 11 is 1.49. The lowest BCUT2D eigenvalue weighted by Gasteiger charge is -2.15. The SMILES string of the molecule is CCCCN1C(=O)/C(=C/c2ccco2)N=C1SC. The first-order valence-electron chi connectivity index (χ1n) is 5.96. The lowest BCUT2D eigenvalue weighted by molar-refractivity contribution is -0.122. The highest BCUT2D eigenvalue weighted by atomic mass is 32.2. The predicted octanol–water partition coefficient (Wildman–Crippen LogP) is 2.98. The van der Waals surface area contributed by atoms with Crippen LogP contribution in [0, 0.1) is 0 Å². The van der Waals surface area contributed by atoms with Crippen LogP contribution in [0.25, 0.3) is 6.08 Å². The van der Waals surface area contributed by atoms with E-state index >= 15 is 0 Å². The van der Waals surface area contributed by atoms with Gasteiger partial charge in [-0.1, -0.05) is 25.1 Å². The molecule has 96 valence electrons. The molecule has 0 unspecified atom stereocenters. The molecule has 0 bridgehead atoms. The van der Waals surface area contributed by atoms with Gasteiger partial charge in [0.25, 0.3) is 5.91 Å². The van der Waals surface area contributed by atoms with E-state index in [0.717, 1.165) is 24.6 Å². The molecule has 0 atom stereocenters. The summed E-state index contributed by atoms with van der Waals surface area (Å²) in [4.78, 5) is 18.3. The number of thioether (sulfide) groups is 1. The maximum Gasteiger partial charge on any atom is 0.278 e. The number of amides is 1. The van der Waals surface area contributed by atoms with Gasteiger partial charge in [0, 0.05) is 12.6 Å². The highest BCUT2D eigenvalue weighted by Gasteiger charge is 2.29. The lowest BCUT2D eigenvalue weighted by Crippen LogP contribution is -2.31. The zero-order valence-electron chi connectivity index (χ0n) is 10.5. The summed E-state index contributed by atoms with van der Waals surface area (Å²) in [5.74, 6) is 0.615. The van der Waals surface area contributed by atoms with Crippen LogP contribution in [-0.2, 0) is 4.79 Å². The summed E-state index contributed by atoms with van der Waals surface area (Å²) in [6, 6.07) is 3.60. The van der Waals surface area contributed by atoms with Gasteiger partial charge in [-0.2, -0.15) is 0 Å². The van der Waals surface area contributed by atoms with Gasteiger partial charge in [-0.25, -0.2) is 4.99 Å². The molecule has 2 rings (SSSR count). The molecule has 0 aliphatic carbocycles. The number of amidine groups is 1. The molecule has 0 N–H and O–H groups in total. The van der Waals surface area contributed by atoms with Crippen molar-refractivity contribution in [2.75, 3.05) is 12.8 Å². The Bertz CT molecular complexity index is 477. The Kier molecular flexibility index (Phi) is 4.25. The fourth-order valence-electron chi connectivity index (χ4n) is 1.71. The number of rotatable bonds is 4. The number of furan rings is 1. The van der Waals surface area contributed by atoms with E-state index in [0.29, 0.717) is 11.5 Å². The molecular formula is C13H16N2O2S. The van der Waals surface area contributed by atoms with Gasteiger partial charge in [-0.05, 0) is 24.8 Å². The number of hydrogen-bond acceptors (Lipinski definition) is 4. The molecule has 0 aromatic carbocycles. The summed E-state index contributed by atoms with van der Waals surface area (Å²) in [5, 5.41) is 0.770. The van der Waals surface area contributed by atoms with Crippen molar-refractivity contribution >= 4 is 28.9 Å². The van der Waals surface area contributed by atoms with Gasteiger partial charge in [0.1, 0.15) is 11.5 Å². The summed E-state index contributed by atoms with van der Waals surface area (Å²) < 4.78 is 5.21. The monoisotopic (exact) mass is 264 g/mol. The van der Waals surface area contributed by atoms with Crippen molar-refractivity contribution in [1.29, 1.82) is 0 Å². The molecule has 0 saturated heterocycles. The number of aliphatic imine (C=N–C) groups is 1. The third-order valence-electron chi connectivity index (χ3n) is 2.65. The van der Waals surface area contributed by atoms with E-state index in [1.165, 1.54) is 11.8 Å². The number of nitrogens with zero attached hydrogens (tertiary/aromatic N) is 2. The Hall–Kier alpha value is -1.49. The molecule has 1 aromatic heterocycles. The van der Waals surface area contributed by atoms with E-state index in [1.807, 2.05) is 12.3 Å². The fraction of sp³-hybridized carbons (Fsp3) is 0.385. The van der Waals surface area contributed by atoms with Gasteiger partial charge in [-0.15, -0.1) is 0 Å². The Morgan fingerprint density at radius 3 is 3.00 bits per heavy atom. The summed E-state index contributed by atoms with van der Waals surface area (Å²) in [7, 11) is 0.